The molecule has 0 aromatic heterocycles. The first-order valence-electron chi connectivity index (χ1n) is 6.41. The highest BCUT2D eigenvalue weighted by Crippen LogP contribution is 2.25. The molecule has 4 heteroatoms. The second kappa shape index (κ2) is 7.67. The minimum Gasteiger partial charge on any atom is -0.496 e. The van der Waals surface area contributed by atoms with E-state index in [0.29, 0.717) is 5.88 Å². The average Bonchev–Trinajstić information content (AvgIpc) is 2.49. The summed E-state index contributed by atoms with van der Waals surface area (Å²) in [6, 6.07) is 16.5. The lowest BCUT2D eigenvalue weighted by atomic mass is 10.1. The summed E-state index contributed by atoms with van der Waals surface area (Å²) in [5.74, 6) is 1.38. The molecule has 0 heterocycles. The first-order chi connectivity index (χ1) is 9.74. The molecule has 0 amide bonds. The van der Waals surface area contributed by atoms with Crippen molar-refractivity contribution >= 4 is 27.5 Å². The highest BCUT2D eigenvalue weighted by atomic mass is 79.9. The van der Waals surface area contributed by atoms with Crippen LogP contribution >= 0.6 is 27.5 Å². The number of hydrogen-bond acceptors (Lipinski definition) is 2. The Balaban J connectivity index is 2.02. The Morgan fingerprint density at radius 1 is 1.20 bits per heavy atom. The van der Waals surface area contributed by atoms with Gasteiger partial charge in [0.2, 0.25) is 0 Å². The monoisotopic (exact) mass is 353 g/mol. The fourth-order valence-electron chi connectivity index (χ4n) is 2.01. The van der Waals surface area contributed by atoms with Gasteiger partial charge < -0.3 is 10.1 Å². The molecule has 0 aliphatic carbocycles. The van der Waals surface area contributed by atoms with Crippen LogP contribution in [0.3, 0.4) is 0 Å². The third kappa shape index (κ3) is 3.98. The molecule has 0 spiro atoms. The first kappa shape index (κ1) is 15.4. The van der Waals surface area contributed by atoms with E-state index < -0.39 is 0 Å². The Morgan fingerprint density at radius 3 is 2.55 bits per heavy atom. The molecular weight excluding hydrogens is 338 g/mol. The zero-order valence-corrected chi connectivity index (χ0v) is 13.6. The molecule has 0 fully saturated rings. The normalized spacial score (nSPS) is 12.2. The van der Waals surface area contributed by atoms with E-state index in [1.807, 2.05) is 30.3 Å². The van der Waals surface area contributed by atoms with Gasteiger partial charge in [-0.1, -0.05) is 36.4 Å². The van der Waals surface area contributed by atoms with E-state index in [1.165, 1.54) is 11.1 Å². The quantitative estimate of drug-likeness (QED) is 0.770. The zero-order valence-electron chi connectivity index (χ0n) is 11.3. The number of nitrogens with one attached hydrogen (secondary N) is 1. The van der Waals surface area contributed by atoms with Crippen LogP contribution in [0.25, 0.3) is 0 Å². The zero-order chi connectivity index (χ0) is 14.4. The predicted octanol–water partition coefficient (Wildman–Crippen LogP) is 4.53. The van der Waals surface area contributed by atoms with Gasteiger partial charge >= 0.3 is 0 Å². The summed E-state index contributed by atoms with van der Waals surface area (Å²) in [5.41, 5.74) is 2.39. The lowest BCUT2D eigenvalue weighted by Crippen LogP contribution is -2.22. The fraction of sp³-hybridized carbons (Fsp3) is 0.250. The van der Waals surface area contributed by atoms with Crippen molar-refractivity contribution in [2.45, 2.75) is 12.6 Å². The van der Waals surface area contributed by atoms with E-state index in [2.05, 4.69) is 39.4 Å². The maximum Gasteiger partial charge on any atom is 0.133 e. The molecule has 0 saturated heterocycles. The van der Waals surface area contributed by atoms with E-state index in [1.54, 1.807) is 7.11 Å². The largest absolute Gasteiger partial charge is 0.496 e. The topological polar surface area (TPSA) is 21.3 Å². The van der Waals surface area contributed by atoms with E-state index in [0.717, 1.165) is 16.8 Å². The molecule has 0 bridgehead atoms. The molecule has 2 aromatic carbocycles. The lowest BCUT2D eigenvalue weighted by molar-refractivity contribution is 0.412. The second-order valence-electron chi connectivity index (χ2n) is 4.47. The van der Waals surface area contributed by atoms with Gasteiger partial charge in [0, 0.05) is 18.5 Å². The molecule has 1 unspecified atom stereocenters. The Labute approximate surface area is 133 Å². The average molecular weight is 355 g/mol. The van der Waals surface area contributed by atoms with E-state index in [9.17, 15) is 0 Å². The highest BCUT2D eigenvalue weighted by molar-refractivity contribution is 9.10. The van der Waals surface area contributed by atoms with Crippen molar-refractivity contribution in [3.8, 4) is 5.75 Å². The van der Waals surface area contributed by atoms with Crippen LogP contribution in [0, 0.1) is 0 Å². The van der Waals surface area contributed by atoms with Crippen LogP contribution in [0.15, 0.2) is 53.0 Å². The van der Waals surface area contributed by atoms with Gasteiger partial charge in [-0.05, 0) is 39.2 Å². The summed E-state index contributed by atoms with van der Waals surface area (Å²) in [4.78, 5) is 0. The lowest BCUT2D eigenvalue weighted by Gasteiger charge is -2.17. The Kier molecular flexibility index (Phi) is 5.89. The molecule has 20 heavy (non-hydrogen) atoms. The number of rotatable bonds is 6. The number of benzene rings is 2. The van der Waals surface area contributed by atoms with E-state index >= 15 is 0 Å². The third-order valence-corrected chi connectivity index (χ3v) is 4.05. The van der Waals surface area contributed by atoms with Gasteiger partial charge in [-0.25, -0.2) is 0 Å². The van der Waals surface area contributed by atoms with Crippen molar-refractivity contribution in [2.24, 2.45) is 0 Å². The van der Waals surface area contributed by atoms with Gasteiger partial charge in [0.25, 0.3) is 0 Å². The van der Waals surface area contributed by atoms with Crippen LogP contribution < -0.4 is 10.1 Å². The van der Waals surface area contributed by atoms with Gasteiger partial charge in [-0.2, -0.15) is 0 Å². The molecule has 2 nitrogen and oxygen atoms in total. The fourth-order valence-corrected chi connectivity index (χ4v) is 2.88. The van der Waals surface area contributed by atoms with Crippen LogP contribution in [0.5, 0.6) is 5.75 Å². The minimum absolute atomic E-state index is 0.152. The number of halogens is 2. The molecule has 1 atom stereocenters. The van der Waals surface area contributed by atoms with Crippen molar-refractivity contribution < 1.29 is 4.74 Å². The van der Waals surface area contributed by atoms with Gasteiger partial charge in [-0.15, -0.1) is 11.6 Å². The molecule has 1 N–H and O–H groups in total. The molecule has 0 saturated carbocycles. The molecule has 2 rings (SSSR count). The summed E-state index contributed by atoms with van der Waals surface area (Å²) in [6.45, 7) is 0.759. The van der Waals surface area contributed by atoms with Crippen LogP contribution in [-0.4, -0.2) is 13.0 Å². The number of alkyl halides is 1. The molecular formula is C16H17BrClNO. The Morgan fingerprint density at radius 2 is 1.95 bits per heavy atom. The van der Waals surface area contributed by atoms with Crippen molar-refractivity contribution in [3.05, 3.63) is 64.1 Å². The minimum atomic E-state index is 0.152. The Hall–Kier alpha value is -1.03. The summed E-state index contributed by atoms with van der Waals surface area (Å²) < 4.78 is 6.19. The summed E-state index contributed by atoms with van der Waals surface area (Å²) >= 11 is 9.55. The highest BCUT2D eigenvalue weighted by Gasteiger charge is 2.09. The predicted molar refractivity (Wildman–Crippen MR) is 87.4 cm³/mol. The molecule has 2 aromatic rings. The van der Waals surface area contributed by atoms with Crippen LogP contribution in [0.2, 0.25) is 0 Å². The molecule has 106 valence electrons. The van der Waals surface area contributed by atoms with Crippen LogP contribution in [0.4, 0.5) is 0 Å². The van der Waals surface area contributed by atoms with Crippen molar-refractivity contribution in [1.82, 2.24) is 5.32 Å². The number of hydrogen-bond donors (Lipinski definition) is 1. The van der Waals surface area contributed by atoms with Crippen LogP contribution in [-0.2, 0) is 6.54 Å². The van der Waals surface area contributed by atoms with Gasteiger partial charge in [0.1, 0.15) is 5.75 Å². The van der Waals surface area contributed by atoms with E-state index in [4.69, 9.17) is 16.3 Å². The van der Waals surface area contributed by atoms with Gasteiger partial charge in [0.05, 0.1) is 11.6 Å². The molecule has 0 aliphatic rings. The second-order valence-corrected chi connectivity index (χ2v) is 5.63. The summed E-state index contributed by atoms with van der Waals surface area (Å²) in [7, 11) is 1.66. The van der Waals surface area contributed by atoms with Gasteiger partial charge in [-0.3, -0.25) is 0 Å². The molecule has 0 radical (unpaired) electrons. The number of methoxy groups -OCH3 is 1. The number of ether oxygens (including phenoxy) is 1. The first-order valence-corrected chi connectivity index (χ1v) is 7.74. The third-order valence-electron chi connectivity index (χ3n) is 3.13. The van der Waals surface area contributed by atoms with Crippen molar-refractivity contribution in [2.75, 3.05) is 13.0 Å². The smallest absolute Gasteiger partial charge is 0.133 e. The maximum absolute atomic E-state index is 6.06. The van der Waals surface area contributed by atoms with Crippen molar-refractivity contribution in [3.63, 3.8) is 0 Å². The van der Waals surface area contributed by atoms with Gasteiger partial charge in [0.15, 0.2) is 0 Å². The molecule has 0 aliphatic heterocycles. The standard InChI is InChI=1S/C16H17BrClNO/c1-20-16-8-7-12(9-14(16)17)11-19-15(10-18)13-5-3-2-4-6-13/h2-9,15,19H,10-11H2,1H3. The summed E-state index contributed by atoms with van der Waals surface area (Å²) in [6.07, 6.45) is 0. The Bertz CT molecular complexity index is 547. The van der Waals surface area contributed by atoms with Crippen molar-refractivity contribution in [1.29, 1.82) is 0 Å². The summed E-state index contributed by atoms with van der Waals surface area (Å²) in [5, 5.41) is 3.47. The van der Waals surface area contributed by atoms with E-state index in [-0.39, 0.29) is 6.04 Å². The maximum atomic E-state index is 6.06. The van der Waals surface area contributed by atoms with Crippen LogP contribution in [0.1, 0.15) is 17.2 Å². The SMILES string of the molecule is COc1ccc(CNC(CCl)c2ccccc2)cc1Br.